The Morgan fingerprint density at radius 3 is 2.56 bits per heavy atom. The zero-order valence-corrected chi connectivity index (χ0v) is 37.1. The van der Waals surface area contributed by atoms with Gasteiger partial charge in [0.15, 0.2) is 0 Å². The number of ether oxygens (including phenoxy) is 3. The number of fused-ring (bicyclic) bond motifs is 6. The lowest BCUT2D eigenvalue weighted by Gasteiger charge is -2.30. The highest BCUT2D eigenvalue weighted by Crippen LogP contribution is 2.44. The predicted molar refractivity (Wildman–Crippen MR) is 247 cm³/mol. The zero-order chi connectivity index (χ0) is 43.9. The van der Waals surface area contributed by atoms with Crippen LogP contribution in [0.3, 0.4) is 0 Å². The van der Waals surface area contributed by atoms with Gasteiger partial charge in [0.25, 0.3) is 0 Å². The van der Waals surface area contributed by atoms with E-state index in [-0.39, 0.29) is 35.9 Å². The number of aromatic amines is 2. The fourth-order valence-electron chi connectivity index (χ4n) is 10.6. The van der Waals surface area contributed by atoms with Gasteiger partial charge >= 0.3 is 6.09 Å². The first-order chi connectivity index (χ1) is 31.2. The standard InChI is InChI=1S/C51H60N8O5/c1-30(2)42(56-51(61)62-3)26-58-19-9-14-43(58)48-53-24-41(55-48)35-15-17-37-36(21-35)29-64-45-23-38-34(22-39(37)45)16-18-40-47(38)57-49(54-40)44-20-32(28-63-27-31-10-7-8-11-31)25-59(44)50(60)46(52)33-12-5-4-6-13-33/h4-6,12-13,15-18,21-24,30-32,42-44,46H,7-11,14,19-20,25-29,52H2,1-3H3,(H,53,55)(H,54,57)(H,56,61)/t32-,42+,43-,44-,46+/m0/s1. The Hall–Kier alpha value is -5.76. The summed E-state index contributed by atoms with van der Waals surface area (Å²) in [5, 5.41) is 5.12. The number of nitrogens with zero attached hydrogens (tertiary/aromatic N) is 4. The van der Waals surface area contributed by atoms with E-state index in [0.717, 1.165) is 112 Å². The number of likely N-dealkylation sites (tertiary alicyclic amines) is 2. The van der Waals surface area contributed by atoms with Crippen LogP contribution < -0.4 is 15.8 Å². The molecule has 6 aromatic rings. The lowest BCUT2D eigenvalue weighted by Crippen LogP contribution is -2.46. The number of aromatic nitrogens is 4. The van der Waals surface area contributed by atoms with Crippen molar-refractivity contribution >= 4 is 33.8 Å². The number of carbonyl (C=O) groups excluding carboxylic acids is 2. The van der Waals surface area contributed by atoms with Crippen molar-refractivity contribution in [3.8, 4) is 28.1 Å². The third-order valence-corrected chi connectivity index (χ3v) is 14.3. The monoisotopic (exact) mass is 864 g/mol. The van der Waals surface area contributed by atoms with Crippen molar-refractivity contribution < 1.29 is 23.8 Å². The van der Waals surface area contributed by atoms with E-state index in [9.17, 15) is 9.59 Å². The summed E-state index contributed by atoms with van der Waals surface area (Å²) in [7, 11) is 1.40. The molecule has 334 valence electrons. The van der Waals surface area contributed by atoms with Crippen LogP contribution in [0.5, 0.6) is 5.75 Å². The van der Waals surface area contributed by atoms with Crippen molar-refractivity contribution in [3.05, 3.63) is 102 Å². The summed E-state index contributed by atoms with van der Waals surface area (Å²) < 4.78 is 17.7. The molecule has 1 aliphatic carbocycles. The second-order valence-electron chi connectivity index (χ2n) is 18.8. The molecule has 3 aliphatic heterocycles. The van der Waals surface area contributed by atoms with Crippen LogP contribution in [0.4, 0.5) is 4.79 Å². The highest BCUT2D eigenvalue weighted by atomic mass is 16.5. The molecule has 2 aromatic heterocycles. The minimum atomic E-state index is -0.762. The quantitative estimate of drug-likeness (QED) is 0.0888. The summed E-state index contributed by atoms with van der Waals surface area (Å²) in [6.07, 6.45) is 9.42. The number of alkyl carbamates (subject to hydrolysis) is 1. The number of H-pyrrole nitrogens is 2. The summed E-state index contributed by atoms with van der Waals surface area (Å²) in [5.74, 6) is 3.53. The lowest BCUT2D eigenvalue weighted by atomic mass is 9.92. The van der Waals surface area contributed by atoms with Crippen LogP contribution in [0.25, 0.3) is 44.2 Å². The van der Waals surface area contributed by atoms with Crippen LogP contribution >= 0.6 is 0 Å². The van der Waals surface area contributed by atoms with E-state index in [2.05, 4.69) is 76.5 Å². The van der Waals surface area contributed by atoms with Crippen LogP contribution in [0.2, 0.25) is 0 Å². The fraction of sp³-hybridized carbons (Fsp3) is 0.451. The first-order valence-corrected chi connectivity index (χ1v) is 23.3. The molecule has 0 radical (unpaired) electrons. The van der Waals surface area contributed by atoms with Gasteiger partial charge in [-0.2, -0.15) is 0 Å². The number of imidazole rings is 2. The van der Waals surface area contributed by atoms with E-state index in [0.29, 0.717) is 25.7 Å². The van der Waals surface area contributed by atoms with Gasteiger partial charge in [0.2, 0.25) is 5.91 Å². The summed E-state index contributed by atoms with van der Waals surface area (Å²) >= 11 is 0. The highest BCUT2D eigenvalue weighted by molar-refractivity contribution is 6.07. The largest absolute Gasteiger partial charge is 0.488 e. The van der Waals surface area contributed by atoms with Crippen molar-refractivity contribution in [2.45, 2.75) is 89.6 Å². The number of hydrogen-bond donors (Lipinski definition) is 4. The number of methoxy groups -OCH3 is 1. The lowest BCUT2D eigenvalue weighted by molar-refractivity contribution is -0.134. The Morgan fingerprint density at radius 1 is 0.922 bits per heavy atom. The molecule has 1 saturated carbocycles. The second kappa shape index (κ2) is 18.0. The van der Waals surface area contributed by atoms with E-state index in [4.69, 9.17) is 29.9 Å². The summed E-state index contributed by atoms with van der Waals surface area (Å²) in [4.78, 5) is 47.9. The van der Waals surface area contributed by atoms with Gasteiger partial charge in [-0.05, 0) is 102 Å². The van der Waals surface area contributed by atoms with Crippen molar-refractivity contribution in [2.24, 2.45) is 23.5 Å². The molecule has 3 fully saturated rings. The van der Waals surface area contributed by atoms with E-state index in [1.807, 2.05) is 41.4 Å². The number of carbonyl (C=O) groups is 2. The molecular formula is C51H60N8O5. The van der Waals surface area contributed by atoms with Gasteiger partial charge in [0.1, 0.15) is 30.0 Å². The molecule has 5 atom stereocenters. The van der Waals surface area contributed by atoms with E-state index >= 15 is 0 Å². The number of rotatable bonds is 13. The molecule has 0 unspecified atom stereocenters. The normalized spacial score (nSPS) is 21.0. The summed E-state index contributed by atoms with van der Waals surface area (Å²) in [5.41, 5.74) is 14.6. The predicted octanol–water partition coefficient (Wildman–Crippen LogP) is 8.98. The van der Waals surface area contributed by atoms with Gasteiger partial charge in [-0.25, -0.2) is 14.8 Å². The molecule has 4 aliphatic rings. The van der Waals surface area contributed by atoms with Gasteiger partial charge in [-0.15, -0.1) is 0 Å². The van der Waals surface area contributed by atoms with Crippen molar-refractivity contribution in [3.63, 3.8) is 0 Å². The van der Waals surface area contributed by atoms with E-state index in [1.165, 1.54) is 32.8 Å². The van der Waals surface area contributed by atoms with Crippen LogP contribution in [0, 0.1) is 17.8 Å². The van der Waals surface area contributed by atoms with Gasteiger partial charge in [0, 0.05) is 42.6 Å². The second-order valence-corrected chi connectivity index (χ2v) is 18.8. The molecule has 13 heteroatoms. The molecule has 64 heavy (non-hydrogen) atoms. The van der Waals surface area contributed by atoms with Crippen LogP contribution in [0.1, 0.15) is 99.7 Å². The van der Waals surface area contributed by atoms with Crippen LogP contribution in [-0.2, 0) is 20.9 Å². The van der Waals surface area contributed by atoms with Crippen LogP contribution in [-0.4, -0.2) is 87.7 Å². The smallest absolute Gasteiger partial charge is 0.407 e. The van der Waals surface area contributed by atoms with Gasteiger partial charge in [-0.1, -0.05) is 75.2 Å². The van der Waals surface area contributed by atoms with Crippen LogP contribution in [0.15, 0.2) is 79.0 Å². The molecule has 5 N–H and O–H groups in total. The third kappa shape index (κ3) is 8.36. The number of hydrogen-bond acceptors (Lipinski definition) is 9. The Kier molecular flexibility index (Phi) is 11.9. The maximum absolute atomic E-state index is 14.2. The first kappa shape index (κ1) is 42.2. The molecule has 2 saturated heterocycles. The number of benzene rings is 4. The maximum atomic E-state index is 14.2. The third-order valence-electron chi connectivity index (χ3n) is 14.3. The summed E-state index contributed by atoms with van der Waals surface area (Å²) in [6.45, 7) is 8.34. The number of nitrogens with two attached hydrogens (primary N) is 1. The van der Waals surface area contributed by atoms with Gasteiger partial charge in [-0.3, -0.25) is 9.69 Å². The van der Waals surface area contributed by atoms with E-state index in [1.54, 1.807) is 0 Å². The SMILES string of the molecule is COC(=O)N[C@H](CN1CCC[C@H]1c1ncc(-c2ccc3c(c2)COc2cc4c(ccc5nc([C@@H]6C[C@H](COCC7CCCC7)CN6C(=O)[C@H](N)c6ccccc6)[nH]c54)cc2-3)[nH]1)C(C)C. The van der Waals surface area contributed by atoms with E-state index < -0.39 is 12.1 Å². The molecular weight excluding hydrogens is 805 g/mol. The van der Waals surface area contributed by atoms with Gasteiger partial charge < -0.3 is 40.1 Å². The molecule has 5 heterocycles. The zero-order valence-electron chi connectivity index (χ0n) is 37.1. The van der Waals surface area contributed by atoms with Gasteiger partial charge in [0.05, 0.1) is 48.7 Å². The van der Waals surface area contributed by atoms with Crippen molar-refractivity contribution in [1.82, 2.24) is 35.1 Å². The number of nitrogens with one attached hydrogen (secondary N) is 3. The molecule has 0 bridgehead atoms. The average Bonchev–Trinajstić information content (AvgIpc) is 4.18. The fourth-order valence-corrected chi connectivity index (χ4v) is 10.6. The topological polar surface area (TPSA) is 164 Å². The molecule has 0 spiro atoms. The Bertz CT molecular complexity index is 2640. The minimum Gasteiger partial charge on any atom is -0.488 e. The molecule has 10 rings (SSSR count). The molecule has 2 amide bonds. The molecule has 13 nitrogen and oxygen atoms in total. The Labute approximate surface area is 374 Å². The Morgan fingerprint density at radius 2 is 1.75 bits per heavy atom. The maximum Gasteiger partial charge on any atom is 0.407 e. The first-order valence-electron chi connectivity index (χ1n) is 23.3. The summed E-state index contributed by atoms with van der Waals surface area (Å²) in [6, 6.07) is 23.8. The van der Waals surface area contributed by atoms with Crippen molar-refractivity contribution in [2.75, 3.05) is 40.0 Å². The number of amides is 2. The molecule has 4 aromatic carbocycles. The average molecular weight is 865 g/mol. The highest BCUT2D eigenvalue weighted by Gasteiger charge is 2.40. The Balaban J connectivity index is 0.887. The minimum absolute atomic E-state index is 0.0273. The van der Waals surface area contributed by atoms with Crippen molar-refractivity contribution in [1.29, 1.82) is 0 Å².